The Balaban J connectivity index is 1.85. The van der Waals surface area contributed by atoms with Gasteiger partial charge in [0.1, 0.15) is 11.6 Å². The Bertz CT molecular complexity index is 739. The van der Waals surface area contributed by atoms with Gasteiger partial charge in [-0.25, -0.2) is 9.97 Å². The first kappa shape index (κ1) is 13.1. The summed E-state index contributed by atoms with van der Waals surface area (Å²) in [6, 6.07) is 8.06. The summed E-state index contributed by atoms with van der Waals surface area (Å²) in [5.41, 5.74) is 0. The zero-order chi connectivity index (χ0) is 13.9. The minimum Gasteiger partial charge on any atom is -0.444 e. The van der Waals surface area contributed by atoms with Crippen molar-refractivity contribution in [2.45, 2.75) is 19.9 Å². The molecular weight excluding hydrogens is 318 g/mol. The molecule has 0 saturated carbocycles. The zero-order valence-electron chi connectivity index (χ0n) is 11.1. The molecule has 1 N–H and O–H groups in total. The maximum absolute atomic E-state index is 5.58. The van der Waals surface area contributed by atoms with E-state index < -0.39 is 0 Å². The molecule has 0 bridgehead atoms. The van der Waals surface area contributed by atoms with E-state index in [4.69, 9.17) is 4.42 Å². The van der Waals surface area contributed by atoms with Crippen LogP contribution in [-0.2, 0) is 13.0 Å². The monoisotopic (exact) mass is 331 g/mol. The van der Waals surface area contributed by atoms with Gasteiger partial charge in [-0.1, -0.05) is 35.0 Å². The molecule has 0 spiro atoms. The largest absolute Gasteiger partial charge is 0.444 e. The molecule has 3 rings (SSSR count). The Morgan fingerprint density at radius 3 is 2.90 bits per heavy atom. The SMILES string of the molecule is CCc1cnc(CNc2nccc3c(Br)cccc23)o1. The van der Waals surface area contributed by atoms with Gasteiger partial charge in [0, 0.05) is 27.9 Å². The second kappa shape index (κ2) is 5.63. The highest BCUT2D eigenvalue weighted by atomic mass is 79.9. The first-order valence-corrected chi connectivity index (χ1v) is 7.28. The van der Waals surface area contributed by atoms with Crippen molar-refractivity contribution in [3.05, 3.63) is 52.8 Å². The Labute approximate surface area is 125 Å². The summed E-state index contributed by atoms with van der Waals surface area (Å²) < 4.78 is 6.64. The number of benzene rings is 1. The number of hydrogen-bond acceptors (Lipinski definition) is 4. The minimum absolute atomic E-state index is 0.526. The normalized spacial score (nSPS) is 10.9. The van der Waals surface area contributed by atoms with Crippen molar-refractivity contribution in [2.24, 2.45) is 0 Å². The van der Waals surface area contributed by atoms with Crippen LogP contribution in [0.4, 0.5) is 5.82 Å². The van der Waals surface area contributed by atoms with Crippen molar-refractivity contribution in [1.82, 2.24) is 9.97 Å². The fourth-order valence-corrected chi connectivity index (χ4v) is 2.56. The van der Waals surface area contributed by atoms with Crippen LogP contribution in [0.2, 0.25) is 0 Å². The lowest BCUT2D eigenvalue weighted by atomic mass is 10.1. The quantitative estimate of drug-likeness (QED) is 0.779. The summed E-state index contributed by atoms with van der Waals surface area (Å²) in [5, 5.41) is 5.48. The summed E-state index contributed by atoms with van der Waals surface area (Å²) in [6.45, 7) is 2.57. The summed E-state index contributed by atoms with van der Waals surface area (Å²) in [4.78, 5) is 8.62. The number of pyridine rings is 1. The predicted molar refractivity (Wildman–Crippen MR) is 82.7 cm³/mol. The van der Waals surface area contributed by atoms with Crippen LogP contribution in [0, 0.1) is 0 Å². The minimum atomic E-state index is 0.526. The molecule has 20 heavy (non-hydrogen) atoms. The maximum Gasteiger partial charge on any atom is 0.213 e. The number of oxazole rings is 1. The number of hydrogen-bond donors (Lipinski definition) is 1. The van der Waals surface area contributed by atoms with Gasteiger partial charge < -0.3 is 9.73 Å². The molecule has 0 amide bonds. The van der Waals surface area contributed by atoms with Crippen LogP contribution < -0.4 is 5.32 Å². The molecule has 0 saturated heterocycles. The molecule has 2 aromatic heterocycles. The number of fused-ring (bicyclic) bond motifs is 1. The lowest BCUT2D eigenvalue weighted by molar-refractivity contribution is 0.465. The number of aromatic nitrogens is 2. The van der Waals surface area contributed by atoms with Gasteiger partial charge in [0.2, 0.25) is 5.89 Å². The third-order valence-corrected chi connectivity index (χ3v) is 3.80. The van der Waals surface area contributed by atoms with E-state index in [1.54, 1.807) is 12.4 Å². The molecule has 0 unspecified atom stereocenters. The molecule has 2 heterocycles. The van der Waals surface area contributed by atoms with Crippen molar-refractivity contribution in [1.29, 1.82) is 0 Å². The molecule has 102 valence electrons. The molecule has 5 heteroatoms. The molecule has 0 radical (unpaired) electrons. The number of halogens is 1. The van der Waals surface area contributed by atoms with Crippen LogP contribution in [0.15, 0.2) is 45.5 Å². The highest BCUT2D eigenvalue weighted by Gasteiger charge is 2.06. The third kappa shape index (κ3) is 2.54. The molecule has 1 aromatic carbocycles. The first-order valence-electron chi connectivity index (χ1n) is 6.48. The van der Waals surface area contributed by atoms with E-state index in [9.17, 15) is 0 Å². The topological polar surface area (TPSA) is 51.0 Å². The van der Waals surface area contributed by atoms with E-state index in [0.717, 1.165) is 33.2 Å². The third-order valence-electron chi connectivity index (χ3n) is 3.11. The van der Waals surface area contributed by atoms with Crippen LogP contribution in [0.1, 0.15) is 18.6 Å². The highest BCUT2D eigenvalue weighted by Crippen LogP contribution is 2.27. The van der Waals surface area contributed by atoms with Gasteiger partial charge in [0.05, 0.1) is 12.7 Å². The van der Waals surface area contributed by atoms with Crippen molar-refractivity contribution in [2.75, 3.05) is 5.32 Å². The van der Waals surface area contributed by atoms with Gasteiger partial charge in [-0.3, -0.25) is 0 Å². The van der Waals surface area contributed by atoms with Gasteiger partial charge in [0.15, 0.2) is 0 Å². The van der Waals surface area contributed by atoms with Crippen LogP contribution in [0.5, 0.6) is 0 Å². The van der Waals surface area contributed by atoms with E-state index in [-0.39, 0.29) is 0 Å². The molecule has 3 aromatic rings. The van der Waals surface area contributed by atoms with Gasteiger partial charge in [0.25, 0.3) is 0 Å². The van der Waals surface area contributed by atoms with E-state index in [1.807, 2.05) is 31.2 Å². The lowest BCUT2D eigenvalue weighted by Gasteiger charge is -2.07. The average molecular weight is 332 g/mol. The first-order chi connectivity index (χ1) is 9.78. The van der Waals surface area contributed by atoms with E-state index in [1.165, 1.54) is 0 Å². The average Bonchev–Trinajstić information content (AvgIpc) is 2.94. The van der Waals surface area contributed by atoms with Crippen LogP contribution >= 0.6 is 15.9 Å². The Kier molecular flexibility index (Phi) is 3.69. The van der Waals surface area contributed by atoms with Crippen LogP contribution in [-0.4, -0.2) is 9.97 Å². The number of nitrogens with zero attached hydrogens (tertiary/aromatic N) is 2. The van der Waals surface area contributed by atoms with E-state index in [2.05, 4.69) is 31.2 Å². The Morgan fingerprint density at radius 1 is 1.20 bits per heavy atom. The fourth-order valence-electron chi connectivity index (χ4n) is 2.06. The van der Waals surface area contributed by atoms with Crippen molar-refractivity contribution >= 4 is 32.5 Å². The summed E-state index contributed by atoms with van der Waals surface area (Å²) >= 11 is 3.55. The number of aryl methyl sites for hydroxylation is 1. The smallest absolute Gasteiger partial charge is 0.213 e. The maximum atomic E-state index is 5.58. The standard InChI is InChI=1S/C15H14BrN3O/c1-2-10-8-18-14(20-10)9-19-15-12-4-3-5-13(16)11(12)6-7-17-15/h3-8H,2,9H2,1H3,(H,17,19). The Morgan fingerprint density at radius 2 is 2.10 bits per heavy atom. The van der Waals surface area contributed by atoms with Crippen molar-refractivity contribution < 1.29 is 4.42 Å². The predicted octanol–water partition coefficient (Wildman–Crippen LogP) is 4.16. The molecule has 0 aliphatic rings. The number of anilines is 1. The zero-order valence-corrected chi connectivity index (χ0v) is 12.6. The number of rotatable bonds is 4. The molecule has 0 fully saturated rings. The van der Waals surface area contributed by atoms with Crippen molar-refractivity contribution in [3.63, 3.8) is 0 Å². The van der Waals surface area contributed by atoms with E-state index in [0.29, 0.717) is 12.4 Å². The lowest BCUT2D eigenvalue weighted by Crippen LogP contribution is -2.02. The molecule has 0 atom stereocenters. The highest BCUT2D eigenvalue weighted by molar-refractivity contribution is 9.10. The van der Waals surface area contributed by atoms with Gasteiger partial charge >= 0.3 is 0 Å². The summed E-state index contributed by atoms with van der Waals surface area (Å²) in [5.74, 6) is 2.41. The van der Waals surface area contributed by atoms with Gasteiger partial charge in [-0.2, -0.15) is 0 Å². The van der Waals surface area contributed by atoms with Gasteiger partial charge in [-0.05, 0) is 12.1 Å². The van der Waals surface area contributed by atoms with Crippen molar-refractivity contribution in [3.8, 4) is 0 Å². The molecule has 4 nitrogen and oxygen atoms in total. The van der Waals surface area contributed by atoms with E-state index >= 15 is 0 Å². The van der Waals surface area contributed by atoms with Crippen LogP contribution in [0.25, 0.3) is 10.8 Å². The van der Waals surface area contributed by atoms with Crippen LogP contribution in [0.3, 0.4) is 0 Å². The number of nitrogens with one attached hydrogen (secondary N) is 1. The molecule has 0 aliphatic carbocycles. The second-order valence-electron chi connectivity index (χ2n) is 4.42. The second-order valence-corrected chi connectivity index (χ2v) is 5.28. The molecular formula is C15H14BrN3O. The Hall–Kier alpha value is -1.88. The fraction of sp³-hybridized carbons (Fsp3) is 0.200. The summed E-state index contributed by atoms with van der Waals surface area (Å²) in [6.07, 6.45) is 4.42. The van der Waals surface area contributed by atoms with Gasteiger partial charge in [-0.15, -0.1) is 0 Å². The summed E-state index contributed by atoms with van der Waals surface area (Å²) in [7, 11) is 0. The molecule has 0 aliphatic heterocycles.